The van der Waals surface area contributed by atoms with E-state index in [1.165, 1.54) is 42.3 Å². The third kappa shape index (κ3) is 10.6. The highest BCUT2D eigenvalue weighted by atomic mass is 127. The molecule has 0 aliphatic carbocycles. The minimum absolute atomic E-state index is 0.00282. The first-order valence-corrected chi connectivity index (χ1v) is 21.7. The topological polar surface area (TPSA) is 181 Å². The molecule has 57 heavy (non-hydrogen) atoms. The summed E-state index contributed by atoms with van der Waals surface area (Å²) in [5.41, 5.74) is 1.17. The number of halogens is 1. The molecule has 0 saturated heterocycles. The largest absolute Gasteiger partial charge is 0.497 e. The van der Waals surface area contributed by atoms with Gasteiger partial charge in [-0.25, -0.2) is 26.3 Å². The number of nitrogens with one attached hydrogen (secondary N) is 1. The summed E-state index contributed by atoms with van der Waals surface area (Å²) in [5, 5.41) is 13.6. The van der Waals surface area contributed by atoms with E-state index in [2.05, 4.69) is 20.8 Å². The molecule has 1 N–H and O–H groups in total. The van der Waals surface area contributed by atoms with Crippen molar-refractivity contribution < 1.29 is 40.6 Å². The fraction of sp³-hybridized carbons (Fsp3) is 0.333. The monoisotopic (exact) mass is 932 g/mol. The van der Waals surface area contributed by atoms with Gasteiger partial charge in [-0.1, -0.05) is 36.4 Å². The molecule has 0 fully saturated rings. The first-order valence-electron chi connectivity index (χ1n) is 17.7. The molecule has 1 atom stereocenters. The fourth-order valence-electron chi connectivity index (χ4n) is 5.71. The number of nitrogens with zero attached hydrogens (tertiary/aromatic N) is 5. The molecular weight excluding hydrogens is 887 g/mol. The fourth-order valence-corrected chi connectivity index (χ4v) is 10.3. The smallest absolute Gasteiger partial charge is 0.407 e. The summed E-state index contributed by atoms with van der Waals surface area (Å²) in [6, 6.07) is 23.8. The van der Waals surface area contributed by atoms with Crippen LogP contribution in [0.2, 0.25) is 0 Å². The van der Waals surface area contributed by atoms with E-state index in [1.54, 1.807) is 88.5 Å². The molecule has 0 aliphatic heterocycles. The molecule has 4 aromatic carbocycles. The Kier molecular flexibility index (Phi) is 13.8. The van der Waals surface area contributed by atoms with Crippen molar-refractivity contribution in [3.8, 4) is 28.6 Å². The Morgan fingerprint density at radius 2 is 1.28 bits per heavy atom. The van der Waals surface area contributed by atoms with Gasteiger partial charge in [-0.15, -0.1) is 5.10 Å². The summed E-state index contributed by atoms with van der Waals surface area (Å²) in [6.45, 7) is 5.91. The average molecular weight is 933 g/mol. The van der Waals surface area contributed by atoms with Gasteiger partial charge in [0.15, 0.2) is 15.7 Å². The average Bonchev–Trinajstić information content (AvgIpc) is 3.63. The van der Waals surface area contributed by atoms with Crippen LogP contribution in [0, 0.1) is 3.57 Å². The number of sulfonamides is 1. The van der Waals surface area contributed by atoms with Crippen LogP contribution in [0.1, 0.15) is 44.4 Å². The van der Waals surface area contributed by atoms with E-state index in [9.17, 15) is 13.2 Å². The second kappa shape index (κ2) is 18.2. The van der Waals surface area contributed by atoms with Crippen LogP contribution in [0.3, 0.4) is 0 Å². The Morgan fingerprint density at radius 1 is 0.789 bits per heavy atom. The Hall–Kier alpha value is -4.79. The van der Waals surface area contributed by atoms with E-state index >= 15 is 8.42 Å². The molecule has 1 amide bonds. The zero-order chi connectivity index (χ0) is 41.5. The number of amides is 1. The van der Waals surface area contributed by atoms with Gasteiger partial charge in [0.2, 0.25) is 10.0 Å². The first kappa shape index (κ1) is 43.3. The van der Waals surface area contributed by atoms with Crippen molar-refractivity contribution in [2.24, 2.45) is 0 Å². The molecule has 0 spiro atoms. The molecule has 0 saturated carbocycles. The Morgan fingerprint density at radius 3 is 1.75 bits per heavy atom. The van der Waals surface area contributed by atoms with E-state index < -0.39 is 46.6 Å². The van der Waals surface area contributed by atoms with Gasteiger partial charge in [0.25, 0.3) is 0 Å². The molecule has 304 valence electrons. The van der Waals surface area contributed by atoms with Crippen molar-refractivity contribution in [2.45, 2.75) is 68.0 Å². The molecule has 15 nitrogen and oxygen atoms in total. The van der Waals surface area contributed by atoms with E-state index in [0.29, 0.717) is 31.9 Å². The molecule has 1 aromatic heterocycles. The molecule has 5 aromatic rings. The summed E-state index contributed by atoms with van der Waals surface area (Å²) < 4.78 is 84.7. The zero-order valence-electron chi connectivity index (χ0n) is 32.6. The van der Waals surface area contributed by atoms with Gasteiger partial charge in [-0.3, -0.25) is 0 Å². The predicted molar refractivity (Wildman–Crippen MR) is 221 cm³/mol. The van der Waals surface area contributed by atoms with Crippen LogP contribution < -0.4 is 19.5 Å². The third-order valence-electron chi connectivity index (χ3n) is 8.72. The van der Waals surface area contributed by atoms with Gasteiger partial charge in [0.1, 0.15) is 27.7 Å². The standard InChI is InChI=1S/C39H45IN6O9S2/c1-26(22-41-38(47)55-39(2,3)4)56(48,49)34-21-20-33(40)35(37-42-43-44-46(37)25-29-12-18-32(54-7)19-13-29)36(34)57(50,51)45(23-27-8-14-30(52-5)15-9-27)24-28-10-16-31(53-6)17-11-28/h8-21,26H,22-25H2,1-7H3,(H,41,47)/t26-/m1/s1. The Bertz CT molecular complexity index is 2340. The van der Waals surface area contributed by atoms with Crippen molar-refractivity contribution in [1.29, 1.82) is 0 Å². The van der Waals surface area contributed by atoms with Crippen LogP contribution in [0.25, 0.3) is 11.4 Å². The summed E-state index contributed by atoms with van der Waals surface area (Å²) in [5.74, 6) is 1.82. The van der Waals surface area contributed by atoms with Crippen LogP contribution in [0.5, 0.6) is 17.2 Å². The van der Waals surface area contributed by atoms with Crippen molar-refractivity contribution in [2.75, 3.05) is 27.9 Å². The van der Waals surface area contributed by atoms with Crippen LogP contribution in [-0.2, 0) is 44.2 Å². The molecular formula is C39H45IN6O9S2. The van der Waals surface area contributed by atoms with Gasteiger partial charge in [0.05, 0.1) is 43.6 Å². The van der Waals surface area contributed by atoms with E-state index in [-0.39, 0.29) is 37.6 Å². The maximum absolute atomic E-state index is 15.5. The second-order valence-corrected chi connectivity index (χ2v) is 19.3. The number of carbonyl (C=O) groups is 1. The zero-order valence-corrected chi connectivity index (χ0v) is 36.4. The summed E-state index contributed by atoms with van der Waals surface area (Å²) in [4.78, 5) is 11.6. The molecule has 1 heterocycles. The first-order chi connectivity index (χ1) is 27.0. The number of hydrogen-bond acceptors (Lipinski definition) is 12. The van der Waals surface area contributed by atoms with Crippen molar-refractivity contribution in [1.82, 2.24) is 29.8 Å². The molecule has 0 radical (unpaired) electrons. The van der Waals surface area contributed by atoms with Crippen LogP contribution in [0.4, 0.5) is 4.79 Å². The molecule has 0 aliphatic rings. The second-order valence-electron chi connectivity index (χ2n) is 14.0. The highest BCUT2D eigenvalue weighted by molar-refractivity contribution is 14.1. The van der Waals surface area contributed by atoms with Gasteiger partial charge in [0, 0.05) is 23.2 Å². The number of alkyl carbamates (subject to hydrolysis) is 1. The number of hydrogen-bond donors (Lipinski definition) is 1. The minimum atomic E-state index is -4.76. The van der Waals surface area contributed by atoms with Crippen LogP contribution in [0.15, 0.2) is 94.7 Å². The number of aromatic nitrogens is 4. The summed E-state index contributed by atoms with van der Waals surface area (Å²) in [6.07, 6.45) is -0.816. The number of rotatable bonds is 16. The number of carbonyl (C=O) groups excluding carboxylic acids is 1. The van der Waals surface area contributed by atoms with E-state index in [0.717, 1.165) is 5.56 Å². The Labute approximate surface area is 346 Å². The van der Waals surface area contributed by atoms with Crippen molar-refractivity contribution in [3.63, 3.8) is 0 Å². The van der Waals surface area contributed by atoms with Gasteiger partial charge in [-0.2, -0.15) is 4.31 Å². The van der Waals surface area contributed by atoms with E-state index in [4.69, 9.17) is 18.9 Å². The maximum atomic E-state index is 15.5. The lowest BCUT2D eigenvalue weighted by Gasteiger charge is -2.27. The van der Waals surface area contributed by atoms with Crippen molar-refractivity contribution in [3.05, 3.63) is 105 Å². The normalized spacial score (nSPS) is 12.6. The lowest BCUT2D eigenvalue weighted by molar-refractivity contribution is 0.0528. The lowest BCUT2D eigenvalue weighted by Crippen LogP contribution is -2.39. The number of methoxy groups -OCH3 is 3. The summed E-state index contributed by atoms with van der Waals surface area (Å²) in [7, 11) is -4.65. The van der Waals surface area contributed by atoms with Gasteiger partial charge in [-0.05, 0) is 126 Å². The van der Waals surface area contributed by atoms with Crippen molar-refractivity contribution >= 4 is 48.5 Å². The maximum Gasteiger partial charge on any atom is 0.407 e. The van der Waals surface area contributed by atoms with E-state index in [1.807, 2.05) is 34.7 Å². The number of ether oxygens (including phenoxy) is 4. The molecule has 5 rings (SSSR count). The summed E-state index contributed by atoms with van der Waals surface area (Å²) >= 11 is 1.97. The quantitative estimate of drug-likeness (QED) is 0.113. The number of benzene rings is 4. The molecule has 0 bridgehead atoms. The highest BCUT2D eigenvalue weighted by Gasteiger charge is 2.39. The number of sulfone groups is 1. The number of tetrazole rings is 1. The lowest BCUT2D eigenvalue weighted by atomic mass is 10.2. The third-order valence-corrected chi connectivity index (χ3v) is 13.8. The molecule has 0 unspecified atom stereocenters. The Balaban J connectivity index is 1.71. The van der Waals surface area contributed by atoms with Gasteiger partial charge < -0.3 is 24.3 Å². The minimum Gasteiger partial charge on any atom is -0.497 e. The predicted octanol–water partition coefficient (Wildman–Crippen LogP) is 6.10. The highest BCUT2D eigenvalue weighted by Crippen LogP contribution is 2.39. The SMILES string of the molecule is COc1ccc(CN(Cc2ccc(OC)cc2)S(=O)(=O)c2c(S(=O)(=O)[C@H](C)CNC(=O)OC(C)(C)C)ccc(I)c2-c2nnnn2Cc2ccc(OC)cc2)cc1. The molecule has 18 heteroatoms. The van der Waals surface area contributed by atoms with Crippen LogP contribution in [-0.4, -0.2) is 86.2 Å². The van der Waals surface area contributed by atoms with Crippen LogP contribution >= 0.6 is 22.6 Å². The van der Waals surface area contributed by atoms with Gasteiger partial charge >= 0.3 is 6.09 Å².